The van der Waals surface area contributed by atoms with Gasteiger partial charge >= 0.3 is 5.97 Å². The zero-order valence-corrected chi connectivity index (χ0v) is 13.9. The maximum atomic E-state index is 11.7. The molecule has 0 bridgehead atoms. The van der Waals surface area contributed by atoms with Crippen LogP contribution in [0.2, 0.25) is 0 Å². The van der Waals surface area contributed by atoms with Gasteiger partial charge in [-0.3, -0.25) is 9.59 Å². The zero-order valence-electron chi connectivity index (χ0n) is 13.9. The van der Waals surface area contributed by atoms with E-state index in [1.807, 2.05) is 0 Å². The van der Waals surface area contributed by atoms with Crippen LogP contribution in [0.1, 0.15) is 12.5 Å². The van der Waals surface area contributed by atoms with Crippen LogP contribution in [-0.4, -0.2) is 31.8 Å². The summed E-state index contributed by atoms with van der Waals surface area (Å²) in [6, 6.07) is 13.7. The van der Waals surface area contributed by atoms with E-state index in [0.717, 1.165) is 0 Å². The number of amides is 1. The molecule has 0 saturated heterocycles. The van der Waals surface area contributed by atoms with E-state index in [2.05, 4.69) is 10.5 Å². The van der Waals surface area contributed by atoms with Crippen LogP contribution in [0.4, 0.5) is 0 Å². The van der Waals surface area contributed by atoms with E-state index in [9.17, 15) is 9.59 Å². The van der Waals surface area contributed by atoms with Crippen LogP contribution in [0.25, 0.3) is 0 Å². The van der Waals surface area contributed by atoms with Crippen molar-refractivity contribution in [3.63, 3.8) is 0 Å². The fourth-order valence-corrected chi connectivity index (χ4v) is 1.86. The zero-order chi connectivity index (χ0) is 18.1. The number of hydrogen-bond donors (Lipinski definition) is 1. The van der Waals surface area contributed by atoms with Crippen molar-refractivity contribution in [2.75, 3.05) is 13.7 Å². The summed E-state index contributed by atoms with van der Waals surface area (Å²) in [6.07, 6.45) is 1.39. The number of carbonyl (C=O) groups is 2. The van der Waals surface area contributed by atoms with Gasteiger partial charge in [-0.25, -0.2) is 5.43 Å². The molecule has 7 heteroatoms. The number of benzene rings is 2. The Morgan fingerprint density at radius 2 is 1.76 bits per heavy atom. The van der Waals surface area contributed by atoms with E-state index >= 15 is 0 Å². The first kappa shape index (κ1) is 18.0. The molecule has 25 heavy (non-hydrogen) atoms. The van der Waals surface area contributed by atoms with Crippen molar-refractivity contribution in [3.05, 3.63) is 54.1 Å². The van der Waals surface area contributed by atoms with Crippen LogP contribution in [0, 0.1) is 0 Å². The second kappa shape index (κ2) is 9.07. The monoisotopic (exact) mass is 342 g/mol. The van der Waals surface area contributed by atoms with Gasteiger partial charge in [0, 0.05) is 12.5 Å². The molecule has 0 unspecified atom stereocenters. The van der Waals surface area contributed by atoms with Crippen LogP contribution in [0.5, 0.6) is 17.2 Å². The van der Waals surface area contributed by atoms with Gasteiger partial charge < -0.3 is 14.2 Å². The molecule has 0 atom stereocenters. The standard InChI is InChI=1S/C18H18N2O5/c1-13(21)25-17-6-4-3-5-14(17)11-19-20-18(22)12-24-16-9-7-15(23-2)8-10-16/h3-11H,12H2,1-2H3,(H,20,22)/b19-11-. The molecule has 0 radical (unpaired) electrons. The Bertz CT molecular complexity index is 756. The number of nitrogens with zero attached hydrogens (tertiary/aromatic N) is 1. The van der Waals surface area contributed by atoms with Crippen LogP contribution in [-0.2, 0) is 9.59 Å². The minimum Gasteiger partial charge on any atom is -0.497 e. The lowest BCUT2D eigenvalue weighted by molar-refractivity contribution is -0.132. The smallest absolute Gasteiger partial charge is 0.308 e. The normalized spacial score (nSPS) is 10.3. The quantitative estimate of drug-likeness (QED) is 0.361. The number of ether oxygens (including phenoxy) is 3. The molecular formula is C18H18N2O5. The van der Waals surface area contributed by atoms with Crippen molar-refractivity contribution in [2.24, 2.45) is 5.10 Å². The van der Waals surface area contributed by atoms with Crippen LogP contribution in [0.3, 0.4) is 0 Å². The highest BCUT2D eigenvalue weighted by Crippen LogP contribution is 2.17. The van der Waals surface area contributed by atoms with Crippen LogP contribution >= 0.6 is 0 Å². The molecule has 0 heterocycles. The van der Waals surface area contributed by atoms with Crippen LogP contribution < -0.4 is 19.6 Å². The van der Waals surface area contributed by atoms with Gasteiger partial charge in [0.2, 0.25) is 0 Å². The molecule has 0 spiro atoms. The second-order valence-corrected chi connectivity index (χ2v) is 4.89. The molecule has 7 nitrogen and oxygen atoms in total. The maximum absolute atomic E-state index is 11.7. The SMILES string of the molecule is COc1ccc(OCC(=O)N/N=C\c2ccccc2OC(C)=O)cc1. The highest BCUT2D eigenvalue weighted by atomic mass is 16.5. The predicted molar refractivity (Wildman–Crippen MR) is 92.0 cm³/mol. The van der Waals surface area contributed by atoms with Gasteiger partial charge in [-0.1, -0.05) is 12.1 Å². The average molecular weight is 342 g/mol. The largest absolute Gasteiger partial charge is 0.497 e. The molecule has 1 N–H and O–H groups in total. The summed E-state index contributed by atoms with van der Waals surface area (Å²) in [5.74, 6) is 0.755. The number of carbonyl (C=O) groups excluding carboxylic acids is 2. The molecule has 0 aromatic heterocycles. The Labute approximate surface area is 145 Å². The fraction of sp³-hybridized carbons (Fsp3) is 0.167. The highest BCUT2D eigenvalue weighted by molar-refractivity contribution is 5.86. The maximum Gasteiger partial charge on any atom is 0.308 e. The summed E-state index contributed by atoms with van der Waals surface area (Å²) in [5, 5.41) is 3.83. The third-order valence-electron chi connectivity index (χ3n) is 2.99. The highest BCUT2D eigenvalue weighted by Gasteiger charge is 2.04. The first-order valence-corrected chi connectivity index (χ1v) is 7.44. The van der Waals surface area contributed by atoms with Crippen molar-refractivity contribution in [1.29, 1.82) is 0 Å². The van der Waals surface area contributed by atoms with Crippen molar-refractivity contribution in [2.45, 2.75) is 6.92 Å². The third-order valence-corrected chi connectivity index (χ3v) is 2.99. The van der Waals surface area contributed by atoms with Crippen molar-refractivity contribution in [1.82, 2.24) is 5.43 Å². The molecule has 1 amide bonds. The number of methoxy groups -OCH3 is 1. The number of esters is 1. The number of hydrazone groups is 1. The molecule has 0 aliphatic heterocycles. The molecule has 0 fully saturated rings. The fourth-order valence-electron chi connectivity index (χ4n) is 1.86. The van der Waals surface area contributed by atoms with E-state index in [-0.39, 0.29) is 6.61 Å². The van der Waals surface area contributed by atoms with Crippen molar-refractivity contribution in [3.8, 4) is 17.2 Å². The van der Waals surface area contributed by atoms with Gasteiger partial charge in [0.25, 0.3) is 5.91 Å². The lowest BCUT2D eigenvalue weighted by Crippen LogP contribution is -2.24. The molecular weight excluding hydrogens is 324 g/mol. The molecule has 0 aliphatic carbocycles. The first-order valence-electron chi connectivity index (χ1n) is 7.44. The van der Waals surface area contributed by atoms with E-state index in [4.69, 9.17) is 14.2 Å². The minimum atomic E-state index is -0.433. The summed E-state index contributed by atoms with van der Waals surface area (Å²) in [4.78, 5) is 22.8. The van der Waals surface area contributed by atoms with Crippen molar-refractivity contribution >= 4 is 18.1 Å². The van der Waals surface area contributed by atoms with Gasteiger partial charge in [-0.2, -0.15) is 5.10 Å². The Kier molecular flexibility index (Phi) is 6.53. The number of hydrogen-bond acceptors (Lipinski definition) is 6. The van der Waals surface area contributed by atoms with Gasteiger partial charge in [0.05, 0.1) is 13.3 Å². The predicted octanol–water partition coefficient (Wildman–Crippen LogP) is 2.15. The first-order chi connectivity index (χ1) is 12.1. The summed E-state index contributed by atoms with van der Waals surface area (Å²) in [6.45, 7) is 1.13. The number of rotatable bonds is 7. The lowest BCUT2D eigenvalue weighted by Gasteiger charge is -2.06. The van der Waals surface area contributed by atoms with E-state index < -0.39 is 11.9 Å². The van der Waals surface area contributed by atoms with Crippen molar-refractivity contribution < 1.29 is 23.8 Å². The summed E-state index contributed by atoms with van der Waals surface area (Å²) in [7, 11) is 1.57. The summed E-state index contributed by atoms with van der Waals surface area (Å²) < 4.78 is 15.4. The molecule has 130 valence electrons. The van der Waals surface area contributed by atoms with Gasteiger partial charge in [0.1, 0.15) is 17.2 Å². The molecule has 0 saturated carbocycles. The van der Waals surface area contributed by atoms with E-state index in [1.54, 1.807) is 55.6 Å². The topological polar surface area (TPSA) is 86.2 Å². The molecule has 2 aromatic carbocycles. The Balaban J connectivity index is 1.85. The Hall–Kier alpha value is -3.35. The second-order valence-electron chi connectivity index (χ2n) is 4.89. The van der Waals surface area contributed by atoms with E-state index in [1.165, 1.54) is 13.1 Å². The van der Waals surface area contributed by atoms with E-state index in [0.29, 0.717) is 22.8 Å². The minimum absolute atomic E-state index is 0.185. The molecule has 2 rings (SSSR count). The number of nitrogens with one attached hydrogen (secondary N) is 1. The summed E-state index contributed by atoms with van der Waals surface area (Å²) in [5.41, 5.74) is 2.91. The summed E-state index contributed by atoms with van der Waals surface area (Å²) >= 11 is 0. The van der Waals surface area contributed by atoms with Gasteiger partial charge in [0.15, 0.2) is 6.61 Å². The van der Waals surface area contributed by atoms with Gasteiger partial charge in [-0.15, -0.1) is 0 Å². The molecule has 2 aromatic rings. The molecule has 0 aliphatic rings. The third kappa shape index (κ3) is 5.98. The lowest BCUT2D eigenvalue weighted by atomic mass is 10.2. The Morgan fingerprint density at radius 3 is 2.44 bits per heavy atom. The van der Waals surface area contributed by atoms with Gasteiger partial charge in [-0.05, 0) is 36.4 Å². The van der Waals surface area contributed by atoms with Crippen LogP contribution in [0.15, 0.2) is 53.6 Å². The number of para-hydroxylation sites is 1. The average Bonchev–Trinajstić information content (AvgIpc) is 2.61. The Morgan fingerprint density at radius 1 is 1.08 bits per heavy atom.